The number of carbonyl (C=O) groups is 2. The van der Waals surface area contributed by atoms with Crippen LogP contribution >= 0.6 is 0 Å². The molecule has 4 rings (SSSR count). The van der Waals surface area contributed by atoms with Gasteiger partial charge in [-0.15, -0.1) is 0 Å². The average Bonchev–Trinajstić information content (AvgIpc) is 2.90. The van der Waals surface area contributed by atoms with E-state index in [1.54, 1.807) is 32.1 Å². The van der Waals surface area contributed by atoms with Gasteiger partial charge in [-0.1, -0.05) is 24.3 Å². The number of aromatic hydroxyl groups is 1. The van der Waals surface area contributed by atoms with Crippen LogP contribution in [-0.2, 0) is 6.54 Å². The lowest BCUT2D eigenvalue weighted by Gasteiger charge is -2.42. The minimum Gasteiger partial charge on any atom is -0.502 e. The van der Waals surface area contributed by atoms with Gasteiger partial charge in [-0.25, -0.2) is 8.78 Å². The second-order valence-corrected chi connectivity index (χ2v) is 7.89. The van der Waals surface area contributed by atoms with Gasteiger partial charge in [-0.3, -0.25) is 24.1 Å². The molecule has 0 fully saturated rings. The van der Waals surface area contributed by atoms with Crippen molar-refractivity contribution in [3.63, 3.8) is 0 Å². The normalized spacial score (nSPS) is 19.6. The third-order valence-corrected chi connectivity index (χ3v) is 5.74. The van der Waals surface area contributed by atoms with Crippen molar-refractivity contribution in [2.45, 2.75) is 32.5 Å². The summed E-state index contributed by atoms with van der Waals surface area (Å²) in [7, 11) is 0. The summed E-state index contributed by atoms with van der Waals surface area (Å²) in [6.07, 6.45) is 4.38. The van der Waals surface area contributed by atoms with Crippen LogP contribution in [0.25, 0.3) is 0 Å². The minimum atomic E-state index is -1.04. The molecule has 2 N–H and O–H groups in total. The molecule has 1 aromatic heterocycles. The first kappa shape index (κ1) is 21.5. The largest absolute Gasteiger partial charge is 0.502 e. The summed E-state index contributed by atoms with van der Waals surface area (Å²) in [6, 6.07) is 3.38. The van der Waals surface area contributed by atoms with Gasteiger partial charge in [0.2, 0.25) is 5.43 Å². The monoisotopic (exact) mass is 444 g/mol. The van der Waals surface area contributed by atoms with Gasteiger partial charge in [0.15, 0.2) is 11.4 Å². The van der Waals surface area contributed by atoms with Crippen molar-refractivity contribution in [2.24, 2.45) is 0 Å². The van der Waals surface area contributed by atoms with Crippen LogP contribution in [-0.4, -0.2) is 51.9 Å². The molecule has 2 bridgehead atoms. The van der Waals surface area contributed by atoms with E-state index >= 15 is 0 Å². The quantitative estimate of drug-likeness (QED) is 0.699. The van der Waals surface area contributed by atoms with Gasteiger partial charge in [0.05, 0.1) is 6.04 Å². The van der Waals surface area contributed by atoms with Crippen molar-refractivity contribution in [1.82, 2.24) is 14.9 Å². The zero-order valence-electron chi connectivity index (χ0n) is 17.5. The lowest BCUT2D eigenvalue weighted by Crippen LogP contribution is -2.58. The number of aryl methyl sites for hydroxylation is 1. The SMILES string of the molecule is Cc1ccc(CNC(=O)c2cn3c(c(O)c2=O)C(=O)N2CN3[C@H](CF)C=C[C@@H]2C)c(F)c1. The molecule has 2 atom stereocenters. The number of benzene rings is 1. The number of amides is 2. The van der Waals surface area contributed by atoms with Gasteiger partial charge in [-0.2, -0.15) is 0 Å². The highest BCUT2D eigenvalue weighted by Gasteiger charge is 2.39. The van der Waals surface area contributed by atoms with Crippen molar-refractivity contribution < 1.29 is 23.5 Å². The molecule has 0 saturated heterocycles. The summed E-state index contributed by atoms with van der Waals surface area (Å²) in [6.45, 7) is 2.51. The third-order valence-electron chi connectivity index (χ3n) is 5.74. The molecule has 1 aromatic carbocycles. The average molecular weight is 444 g/mol. The number of hydrogen-bond acceptors (Lipinski definition) is 5. The number of nitrogens with one attached hydrogen (secondary N) is 1. The van der Waals surface area contributed by atoms with Crippen LogP contribution in [0, 0.1) is 12.7 Å². The highest BCUT2D eigenvalue weighted by molar-refractivity contribution is 5.99. The van der Waals surface area contributed by atoms with Gasteiger partial charge in [0.25, 0.3) is 11.8 Å². The van der Waals surface area contributed by atoms with Crippen molar-refractivity contribution in [3.8, 4) is 5.75 Å². The standard InChI is InChI=1S/C22H22F2N4O4/c1-12-3-5-14(17(24)7-12)9-25-21(31)16-10-27-18(20(30)19(16)29)22(32)26-11-28(27)15(8-23)6-4-13(26)2/h3-7,10,13,15,30H,8-9,11H2,1-2H3,(H,25,31)/t13-,15-/m0/s1. The number of fused-ring (bicyclic) bond motifs is 4. The molecule has 2 amide bonds. The van der Waals surface area contributed by atoms with Crippen LogP contribution in [0.15, 0.2) is 41.3 Å². The van der Waals surface area contributed by atoms with Crippen LogP contribution in [0.4, 0.5) is 8.78 Å². The van der Waals surface area contributed by atoms with Gasteiger partial charge in [0, 0.05) is 24.3 Å². The fourth-order valence-corrected chi connectivity index (χ4v) is 3.85. The van der Waals surface area contributed by atoms with E-state index in [0.29, 0.717) is 0 Å². The van der Waals surface area contributed by atoms with E-state index in [1.165, 1.54) is 22.0 Å². The molecule has 0 radical (unpaired) electrons. The number of hydrogen-bond donors (Lipinski definition) is 2. The highest BCUT2D eigenvalue weighted by atomic mass is 19.1. The molecular weight excluding hydrogens is 422 g/mol. The Hall–Kier alpha value is -3.69. The second kappa shape index (κ2) is 8.10. The fraction of sp³-hybridized carbons (Fsp3) is 0.318. The maximum atomic E-state index is 14.1. The fourth-order valence-electron chi connectivity index (χ4n) is 3.85. The molecule has 0 aliphatic carbocycles. The first-order valence-electron chi connectivity index (χ1n) is 10.1. The van der Waals surface area contributed by atoms with Crippen molar-refractivity contribution in [3.05, 3.63) is 75.0 Å². The molecule has 2 aliphatic rings. The molecule has 2 aromatic rings. The number of carbonyl (C=O) groups excluding carboxylic acids is 2. The number of nitrogens with zero attached hydrogens (tertiary/aromatic N) is 3. The molecule has 0 saturated carbocycles. The number of halogens is 2. The number of rotatable bonds is 4. The molecule has 10 heteroatoms. The van der Waals surface area contributed by atoms with E-state index in [-0.39, 0.29) is 30.5 Å². The predicted octanol–water partition coefficient (Wildman–Crippen LogP) is 1.58. The molecule has 3 heterocycles. The number of alkyl halides is 1. The molecule has 2 aliphatic heterocycles. The minimum absolute atomic E-state index is 0.00648. The lowest BCUT2D eigenvalue weighted by atomic mass is 10.1. The summed E-state index contributed by atoms with van der Waals surface area (Å²) in [5.74, 6) is -2.87. The summed E-state index contributed by atoms with van der Waals surface area (Å²) in [4.78, 5) is 39.7. The second-order valence-electron chi connectivity index (χ2n) is 7.89. The van der Waals surface area contributed by atoms with Gasteiger partial charge in [0.1, 0.15) is 24.7 Å². The Bertz CT molecular complexity index is 1190. The van der Waals surface area contributed by atoms with Crippen molar-refractivity contribution in [1.29, 1.82) is 0 Å². The van der Waals surface area contributed by atoms with Crippen LogP contribution in [0.1, 0.15) is 38.9 Å². The van der Waals surface area contributed by atoms with Gasteiger partial charge in [-0.05, 0) is 25.5 Å². The van der Waals surface area contributed by atoms with Crippen molar-refractivity contribution in [2.75, 3.05) is 18.4 Å². The van der Waals surface area contributed by atoms with E-state index in [4.69, 9.17) is 0 Å². The van der Waals surface area contributed by atoms with E-state index < -0.39 is 47.1 Å². The third kappa shape index (κ3) is 3.51. The molecular formula is C22H22F2N4O4. The zero-order chi connectivity index (χ0) is 23.2. The highest BCUT2D eigenvalue weighted by Crippen LogP contribution is 2.26. The Kier molecular flexibility index (Phi) is 5.45. The summed E-state index contributed by atoms with van der Waals surface area (Å²) in [5, 5.41) is 14.4. The van der Waals surface area contributed by atoms with E-state index in [2.05, 4.69) is 5.32 Å². The summed E-state index contributed by atoms with van der Waals surface area (Å²) in [5.41, 5.74) is -0.876. The summed E-state index contributed by atoms with van der Waals surface area (Å²) < 4.78 is 28.9. The Morgan fingerprint density at radius 3 is 2.72 bits per heavy atom. The lowest BCUT2D eigenvalue weighted by molar-refractivity contribution is 0.0648. The van der Waals surface area contributed by atoms with Crippen LogP contribution in [0.3, 0.4) is 0 Å². The Morgan fingerprint density at radius 1 is 1.28 bits per heavy atom. The van der Waals surface area contributed by atoms with Crippen molar-refractivity contribution >= 4 is 11.8 Å². The maximum Gasteiger partial charge on any atom is 0.278 e. The smallest absolute Gasteiger partial charge is 0.278 e. The topological polar surface area (TPSA) is 94.9 Å². The van der Waals surface area contributed by atoms with E-state index in [9.17, 15) is 28.3 Å². The van der Waals surface area contributed by atoms with Crippen LogP contribution < -0.4 is 15.8 Å². The summed E-state index contributed by atoms with van der Waals surface area (Å²) >= 11 is 0. The zero-order valence-corrected chi connectivity index (χ0v) is 17.5. The van der Waals surface area contributed by atoms with E-state index in [1.807, 2.05) is 0 Å². The molecule has 168 valence electrons. The van der Waals surface area contributed by atoms with Gasteiger partial charge >= 0.3 is 0 Å². The molecule has 8 nitrogen and oxygen atoms in total. The Balaban J connectivity index is 1.72. The van der Waals surface area contributed by atoms with Gasteiger partial charge < -0.3 is 15.3 Å². The maximum absolute atomic E-state index is 14.1. The molecule has 0 spiro atoms. The first-order chi connectivity index (χ1) is 15.2. The predicted molar refractivity (Wildman–Crippen MR) is 112 cm³/mol. The van der Waals surface area contributed by atoms with E-state index in [0.717, 1.165) is 16.4 Å². The number of aromatic nitrogens is 1. The molecule has 0 unspecified atom stereocenters. The van der Waals surface area contributed by atoms with Crippen LogP contribution in [0.5, 0.6) is 5.75 Å². The number of pyridine rings is 1. The Morgan fingerprint density at radius 2 is 2.03 bits per heavy atom. The molecule has 32 heavy (non-hydrogen) atoms. The van der Waals surface area contributed by atoms with Crippen LogP contribution in [0.2, 0.25) is 0 Å². The Labute approximate surface area is 182 Å². The first-order valence-corrected chi connectivity index (χ1v) is 10.1.